The third-order valence-corrected chi connectivity index (χ3v) is 4.83. The Morgan fingerprint density at radius 1 is 1.48 bits per heavy atom. The summed E-state index contributed by atoms with van der Waals surface area (Å²) in [4.78, 5) is 18.7. The van der Waals surface area contributed by atoms with Crippen molar-refractivity contribution < 1.29 is 4.79 Å². The maximum Gasteiger partial charge on any atom is 0.321 e. The smallest absolute Gasteiger partial charge is 0.321 e. The van der Waals surface area contributed by atoms with Crippen molar-refractivity contribution in [2.75, 3.05) is 31.5 Å². The van der Waals surface area contributed by atoms with Gasteiger partial charge in [0.25, 0.3) is 0 Å². The summed E-state index contributed by atoms with van der Waals surface area (Å²) in [5, 5.41) is 6.42. The molecule has 112 valence electrons. The molecule has 0 saturated carbocycles. The Bertz CT molecular complexity index is 594. The first-order chi connectivity index (χ1) is 10.2. The third-order valence-electron chi connectivity index (χ3n) is 3.88. The lowest BCUT2D eigenvalue weighted by atomic mass is 10.1. The van der Waals surface area contributed by atoms with E-state index in [1.165, 1.54) is 11.3 Å². The molecule has 1 aromatic carbocycles. The number of nitrogens with zero attached hydrogens (tertiary/aromatic N) is 2. The van der Waals surface area contributed by atoms with Crippen LogP contribution in [0.5, 0.6) is 0 Å². The van der Waals surface area contributed by atoms with Crippen LogP contribution >= 0.6 is 11.3 Å². The van der Waals surface area contributed by atoms with Gasteiger partial charge in [0.1, 0.15) is 0 Å². The van der Waals surface area contributed by atoms with Crippen LogP contribution in [0, 0.1) is 5.92 Å². The Hall–Kier alpha value is -1.66. The van der Waals surface area contributed by atoms with Crippen molar-refractivity contribution in [3.8, 4) is 0 Å². The molecule has 2 heterocycles. The molecular formula is C15H20N4OS. The number of carbonyl (C=O) groups is 1. The third kappa shape index (κ3) is 3.51. The minimum atomic E-state index is -0.163. The minimum absolute atomic E-state index is 0.163. The zero-order valence-corrected chi connectivity index (χ0v) is 12.9. The molecule has 2 amide bonds. The van der Waals surface area contributed by atoms with Crippen molar-refractivity contribution in [3.63, 3.8) is 0 Å². The molecule has 5 nitrogen and oxygen atoms in total. The lowest BCUT2D eigenvalue weighted by Crippen LogP contribution is -2.34. The molecule has 0 unspecified atom stereocenters. The number of thiazole rings is 1. The molecule has 1 atom stereocenters. The van der Waals surface area contributed by atoms with E-state index in [4.69, 9.17) is 0 Å². The number of hydrogen-bond donors (Lipinski definition) is 2. The zero-order valence-electron chi connectivity index (χ0n) is 12.1. The van der Waals surface area contributed by atoms with E-state index in [9.17, 15) is 4.79 Å². The molecule has 0 spiro atoms. The zero-order chi connectivity index (χ0) is 14.7. The fraction of sp³-hybridized carbons (Fsp3) is 0.467. The van der Waals surface area contributed by atoms with Crippen molar-refractivity contribution in [1.82, 2.24) is 15.2 Å². The maximum absolute atomic E-state index is 11.9. The van der Waals surface area contributed by atoms with Gasteiger partial charge in [-0.05, 0) is 37.6 Å². The van der Waals surface area contributed by atoms with Gasteiger partial charge in [0.15, 0.2) is 5.13 Å². The molecule has 1 aliphatic rings. The second-order valence-corrected chi connectivity index (χ2v) is 6.40. The van der Waals surface area contributed by atoms with Crippen LogP contribution in [0.2, 0.25) is 0 Å². The van der Waals surface area contributed by atoms with Crippen molar-refractivity contribution in [2.45, 2.75) is 13.3 Å². The highest BCUT2D eigenvalue weighted by Gasteiger charge is 2.21. The van der Waals surface area contributed by atoms with Crippen LogP contribution in [0.25, 0.3) is 10.2 Å². The van der Waals surface area contributed by atoms with E-state index in [1.807, 2.05) is 24.3 Å². The molecular weight excluding hydrogens is 284 g/mol. The van der Waals surface area contributed by atoms with Gasteiger partial charge < -0.3 is 10.2 Å². The normalized spacial score (nSPS) is 19.0. The minimum Gasteiger partial charge on any atom is -0.337 e. The molecule has 21 heavy (non-hydrogen) atoms. The van der Waals surface area contributed by atoms with Gasteiger partial charge in [-0.15, -0.1) is 0 Å². The number of amides is 2. The van der Waals surface area contributed by atoms with E-state index >= 15 is 0 Å². The van der Waals surface area contributed by atoms with Gasteiger partial charge in [-0.3, -0.25) is 5.32 Å². The average molecular weight is 304 g/mol. The first kappa shape index (κ1) is 14.3. The number of para-hydroxylation sites is 1. The SMILES string of the molecule is CCN1CC[C@H](CNC(=O)Nc2nc3ccccc3s2)C1. The summed E-state index contributed by atoms with van der Waals surface area (Å²) in [6.07, 6.45) is 1.16. The summed E-state index contributed by atoms with van der Waals surface area (Å²) >= 11 is 1.50. The topological polar surface area (TPSA) is 57.3 Å². The second-order valence-electron chi connectivity index (χ2n) is 5.37. The van der Waals surface area contributed by atoms with Crippen molar-refractivity contribution >= 4 is 32.7 Å². The average Bonchev–Trinajstić information content (AvgIpc) is 3.10. The van der Waals surface area contributed by atoms with Crippen LogP contribution in [0.4, 0.5) is 9.93 Å². The molecule has 0 aliphatic carbocycles. The van der Waals surface area contributed by atoms with Crippen molar-refractivity contribution in [3.05, 3.63) is 24.3 Å². The molecule has 1 aromatic heterocycles. The fourth-order valence-electron chi connectivity index (χ4n) is 2.67. The molecule has 1 aliphatic heterocycles. The van der Waals surface area contributed by atoms with E-state index in [-0.39, 0.29) is 6.03 Å². The van der Waals surface area contributed by atoms with Crippen LogP contribution in [-0.4, -0.2) is 42.1 Å². The largest absolute Gasteiger partial charge is 0.337 e. The highest BCUT2D eigenvalue weighted by atomic mass is 32.1. The molecule has 0 bridgehead atoms. The van der Waals surface area contributed by atoms with Crippen molar-refractivity contribution in [2.24, 2.45) is 5.92 Å². The number of aromatic nitrogens is 1. The summed E-state index contributed by atoms with van der Waals surface area (Å²) in [6, 6.07) is 7.72. The quantitative estimate of drug-likeness (QED) is 0.913. The maximum atomic E-state index is 11.9. The number of hydrogen-bond acceptors (Lipinski definition) is 4. The van der Waals surface area contributed by atoms with E-state index < -0.39 is 0 Å². The van der Waals surface area contributed by atoms with Crippen LogP contribution in [0.1, 0.15) is 13.3 Å². The number of urea groups is 1. The Morgan fingerprint density at radius 2 is 2.33 bits per heavy atom. The highest BCUT2D eigenvalue weighted by molar-refractivity contribution is 7.22. The van der Waals surface area contributed by atoms with Crippen LogP contribution in [0.3, 0.4) is 0 Å². The number of fused-ring (bicyclic) bond motifs is 1. The summed E-state index contributed by atoms with van der Waals surface area (Å²) < 4.78 is 1.09. The number of benzene rings is 1. The van der Waals surface area contributed by atoms with Crippen molar-refractivity contribution in [1.29, 1.82) is 0 Å². The van der Waals surface area contributed by atoms with E-state index in [1.54, 1.807) is 0 Å². The van der Waals surface area contributed by atoms with Gasteiger partial charge in [-0.2, -0.15) is 0 Å². The van der Waals surface area contributed by atoms with Gasteiger partial charge >= 0.3 is 6.03 Å². The molecule has 3 rings (SSSR count). The highest BCUT2D eigenvalue weighted by Crippen LogP contribution is 2.25. The molecule has 6 heteroatoms. The monoisotopic (exact) mass is 304 g/mol. The van der Waals surface area contributed by atoms with Gasteiger partial charge in [0, 0.05) is 13.1 Å². The summed E-state index contributed by atoms with van der Waals surface area (Å²) in [5.41, 5.74) is 0.923. The molecule has 1 fully saturated rings. The van der Waals surface area contributed by atoms with Crippen LogP contribution < -0.4 is 10.6 Å². The van der Waals surface area contributed by atoms with Gasteiger partial charge in [-0.1, -0.05) is 30.4 Å². The lowest BCUT2D eigenvalue weighted by Gasteiger charge is -2.13. The summed E-state index contributed by atoms with van der Waals surface area (Å²) in [7, 11) is 0. The van der Waals surface area contributed by atoms with Gasteiger partial charge in [0.2, 0.25) is 0 Å². The number of carbonyl (C=O) groups excluding carboxylic acids is 1. The predicted octanol–water partition coefficient (Wildman–Crippen LogP) is 2.76. The van der Waals surface area contributed by atoms with Gasteiger partial charge in [0.05, 0.1) is 10.2 Å². The van der Waals surface area contributed by atoms with E-state index in [0.29, 0.717) is 11.0 Å². The molecule has 2 N–H and O–H groups in total. The molecule has 0 radical (unpaired) electrons. The van der Waals surface area contributed by atoms with Crippen LogP contribution in [0.15, 0.2) is 24.3 Å². The Balaban J connectivity index is 1.50. The number of anilines is 1. The lowest BCUT2D eigenvalue weighted by molar-refractivity contribution is 0.250. The Kier molecular flexibility index (Phi) is 4.36. The first-order valence-electron chi connectivity index (χ1n) is 7.37. The number of nitrogens with one attached hydrogen (secondary N) is 2. The number of likely N-dealkylation sites (tertiary alicyclic amines) is 1. The van der Waals surface area contributed by atoms with E-state index in [2.05, 4.69) is 27.4 Å². The van der Waals surface area contributed by atoms with Gasteiger partial charge in [-0.25, -0.2) is 9.78 Å². The first-order valence-corrected chi connectivity index (χ1v) is 8.19. The molecule has 2 aromatic rings. The standard InChI is InChI=1S/C15H20N4OS/c1-2-19-8-7-11(10-19)9-16-14(20)18-15-17-12-5-3-4-6-13(12)21-15/h3-6,11H,2,7-10H2,1H3,(H2,16,17,18,20)/t11-/m1/s1. The van der Waals surface area contributed by atoms with Crippen LogP contribution in [-0.2, 0) is 0 Å². The number of rotatable bonds is 4. The Labute approximate surface area is 128 Å². The fourth-order valence-corrected chi connectivity index (χ4v) is 3.53. The predicted molar refractivity (Wildman–Crippen MR) is 86.9 cm³/mol. The Morgan fingerprint density at radius 3 is 3.10 bits per heavy atom. The summed E-state index contributed by atoms with van der Waals surface area (Å²) in [6.45, 7) is 6.22. The van der Waals surface area contributed by atoms with E-state index in [0.717, 1.165) is 42.8 Å². The summed E-state index contributed by atoms with van der Waals surface area (Å²) in [5.74, 6) is 0.561. The molecule has 1 saturated heterocycles. The second kappa shape index (κ2) is 6.41.